The van der Waals surface area contributed by atoms with E-state index in [2.05, 4.69) is 0 Å². The Hall–Kier alpha value is -2.75. The van der Waals surface area contributed by atoms with Crippen molar-refractivity contribution in [3.8, 4) is 5.75 Å². The number of carbonyl (C=O) groups is 1. The SMILES string of the molecule is Cc1ccc(OCc2coc3cccc(C(=O)O)c23)cc1. The van der Waals surface area contributed by atoms with Crippen molar-refractivity contribution in [1.82, 2.24) is 0 Å². The maximum Gasteiger partial charge on any atom is 0.336 e. The van der Waals surface area contributed by atoms with Crippen LogP contribution in [0.4, 0.5) is 0 Å². The summed E-state index contributed by atoms with van der Waals surface area (Å²) in [5.41, 5.74) is 2.66. The van der Waals surface area contributed by atoms with Crippen molar-refractivity contribution in [2.45, 2.75) is 13.5 Å². The van der Waals surface area contributed by atoms with Gasteiger partial charge in [0.1, 0.15) is 17.9 Å². The van der Waals surface area contributed by atoms with Crippen molar-refractivity contribution in [2.24, 2.45) is 0 Å². The van der Waals surface area contributed by atoms with Gasteiger partial charge < -0.3 is 14.3 Å². The molecule has 0 saturated heterocycles. The van der Waals surface area contributed by atoms with Gasteiger partial charge in [-0.3, -0.25) is 0 Å². The highest BCUT2D eigenvalue weighted by molar-refractivity contribution is 6.03. The molecule has 0 atom stereocenters. The third-order valence-electron chi connectivity index (χ3n) is 3.32. The number of benzene rings is 2. The van der Waals surface area contributed by atoms with Crippen LogP contribution in [-0.4, -0.2) is 11.1 Å². The van der Waals surface area contributed by atoms with Crippen LogP contribution in [0, 0.1) is 6.92 Å². The van der Waals surface area contributed by atoms with Crippen molar-refractivity contribution in [2.75, 3.05) is 0 Å². The quantitative estimate of drug-likeness (QED) is 0.785. The van der Waals surface area contributed by atoms with E-state index in [-0.39, 0.29) is 12.2 Å². The largest absolute Gasteiger partial charge is 0.489 e. The molecule has 0 unspecified atom stereocenters. The second kappa shape index (κ2) is 5.32. The maximum absolute atomic E-state index is 11.3. The molecule has 0 bridgehead atoms. The molecule has 0 aliphatic rings. The molecule has 3 rings (SSSR count). The van der Waals surface area contributed by atoms with Gasteiger partial charge in [-0.25, -0.2) is 4.79 Å². The summed E-state index contributed by atoms with van der Waals surface area (Å²) in [5.74, 6) is -0.235. The summed E-state index contributed by atoms with van der Waals surface area (Å²) in [4.78, 5) is 11.3. The zero-order valence-corrected chi connectivity index (χ0v) is 11.5. The number of aromatic carboxylic acids is 1. The molecular weight excluding hydrogens is 268 g/mol. The van der Waals surface area contributed by atoms with Crippen LogP contribution < -0.4 is 4.74 Å². The third-order valence-corrected chi connectivity index (χ3v) is 3.32. The predicted molar refractivity (Wildman–Crippen MR) is 78.7 cm³/mol. The van der Waals surface area contributed by atoms with E-state index in [1.165, 1.54) is 0 Å². The Morgan fingerprint density at radius 3 is 2.67 bits per heavy atom. The van der Waals surface area contributed by atoms with E-state index in [9.17, 15) is 9.90 Å². The lowest BCUT2D eigenvalue weighted by atomic mass is 10.1. The first kappa shape index (κ1) is 13.2. The fraction of sp³-hybridized carbons (Fsp3) is 0.118. The zero-order valence-electron chi connectivity index (χ0n) is 11.5. The van der Waals surface area contributed by atoms with Gasteiger partial charge in [-0.2, -0.15) is 0 Å². The fourth-order valence-electron chi connectivity index (χ4n) is 2.23. The normalized spacial score (nSPS) is 10.7. The van der Waals surface area contributed by atoms with Gasteiger partial charge >= 0.3 is 5.97 Å². The molecule has 4 heteroatoms. The van der Waals surface area contributed by atoms with Crippen molar-refractivity contribution in [3.63, 3.8) is 0 Å². The molecule has 0 saturated carbocycles. The Balaban J connectivity index is 1.90. The molecule has 1 aromatic heterocycles. The maximum atomic E-state index is 11.3. The average Bonchev–Trinajstić information content (AvgIpc) is 2.90. The molecule has 1 N–H and O–H groups in total. The van der Waals surface area contributed by atoms with Crippen LogP contribution in [0.5, 0.6) is 5.75 Å². The van der Waals surface area contributed by atoms with Crippen LogP contribution in [0.25, 0.3) is 11.0 Å². The third kappa shape index (κ3) is 2.60. The standard InChI is InChI=1S/C17H14O4/c1-11-5-7-13(8-6-11)20-9-12-10-21-15-4-2-3-14(16(12)15)17(18)19/h2-8,10H,9H2,1H3,(H,18,19). The summed E-state index contributed by atoms with van der Waals surface area (Å²) in [6.07, 6.45) is 1.55. The van der Waals surface area contributed by atoms with Crippen LogP contribution in [0.2, 0.25) is 0 Å². The minimum atomic E-state index is -0.974. The summed E-state index contributed by atoms with van der Waals surface area (Å²) in [7, 11) is 0. The van der Waals surface area contributed by atoms with E-state index in [0.717, 1.165) is 16.9 Å². The van der Waals surface area contributed by atoms with Crippen LogP contribution in [0.15, 0.2) is 53.1 Å². The topological polar surface area (TPSA) is 59.7 Å². The van der Waals surface area contributed by atoms with Gasteiger partial charge in [0.2, 0.25) is 0 Å². The van der Waals surface area contributed by atoms with Gasteiger partial charge in [-0.15, -0.1) is 0 Å². The number of ether oxygens (including phenoxy) is 1. The van der Waals surface area contributed by atoms with Gasteiger partial charge in [0.25, 0.3) is 0 Å². The number of hydrogen-bond donors (Lipinski definition) is 1. The summed E-state index contributed by atoms with van der Waals surface area (Å²) in [5, 5.41) is 9.85. The molecular formula is C17H14O4. The summed E-state index contributed by atoms with van der Waals surface area (Å²) >= 11 is 0. The van der Waals surface area contributed by atoms with Gasteiger partial charge in [0.05, 0.1) is 11.8 Å². The molecule has 1 heterocycles. The number of hydrogen-bond acceptors (Lipinski definition) is 3. The Morgan fingerprint density at radius 2 is 1.95 bits per heavy atom. The summed E-state index contributed by atoms with van der Waals surface area (Å²) in [6.45, 7) is 2.27. The Morgan fingerprint density at radius 1 is 1.19 bits per heavy atom. The van der Waals surface area contributed by atoms with E-state index < -0.39 is 5.97 Å². The van der Waals surface area contributed by atoms with Gasteiger partial charge in [0, 0.05) is 10.9 Å². The first-order valence-corrected chi connectivity index (χ1v) is 6.57. The second-order valence-electron chi connectivity index (χ2n) is 4.85. The molecule has 4 nitrogen and oxygen atoms in total. The zero-order chi connectivity index (χ0) is 14.8. The average molecular weight is 282 g/mol. The molecule has 21 heavy (non-hydrogen) atoms. The van der Waals surface area contributed by atoms with E-state index in [1.807, 2.05) is 31.2 Å². The lowest BCUT2D eigenvalue weighted by Crippen LogP contribution is -2.00. The molecule has 3 aromatic rings. The van der Waals surface area contributed by atoms with E-state index in [0.29, 0.717) is 11.0 Å². The number of aryl methyl sites for hydroxylation is 1. The predicted octanol–water partition coefficient (Wildman–Crippen LogP) is 4.02. The number of rotatable bonds is 4. The van der Waals surface area contributed by atoms with Gasteiger partial charge in [-0.1, -0.05) is 23.8 Å². The van der Waals surface area contributed by atoms with Crippen LogP contribution in [0.1, 0.15) is 21.5 Å². The van der Waals surface area contributed by atoms with Crippen molar-refractivity contribution in [1.29, 1.82) is 0 Å². The number of carboxylic acids is 1. The van der Waals surface area contributed by atoms with Crippen LogP contribution in [-0.2, 0) is 6.61 Å². The lowest BCUT2D eigenvalue weighted by Gasteiger charge is -2.06. The smallest absolute Gasteiger partial charge is 0.336 e. The monoisotopic (exact) mass is 282 g/mol. The minimum Gasteiger partial charge on any atom is -0.489 e. The second-order valence-corrected chi connectivity index (χ2v) is 4.85. The van der Waals surface area contributed by atoms with E-state index in [4.69, 9.17) is 9.15 Å². The molecule has 0 amide bonds. The fourth-order valence-corrected chi connectivity index (χ4v) is 2.23. The highest BCUT2D eigenvalue weighted by Gasteiger charge is 2.15. The Labute approximate surface area is 121 Å². The molecule has 2 aromatic carbocycles. The number of carboxylic acid groups (broad SMARTS) is 1. The summed E-state index contributed by atoms with van der Waals surface area (Å²) in [6, 6.07) is 12.7. The molecule has 0 fully saturated rings. The highest BCUT2D eigenvalue weighted by Crippen LogP contribution is 2.26. The van der Waals surface area contributed by atoms with Crippen LogP contribution in [0.3, 0.4) is 0 Å². The van der Waals surface area contributed by atoms with Gasteiger partial charge in [0.15, 0.2) is 0 Å². The minimum absolute atomic E-state index is 0.226. The molecule has 0 aliphatic heterocycles. The van der Waals surface area contributed by atoms with E-state index >= 15 is 0 Å². The Kier molecular flexibility index (Phi) is 3.36. The summed E-state index contributed by atoms with van der Waals surface area (Å²) < 4.78 is 11.1. The van der Waals surface area contributed by atoms with E-state index in [1.54, 1.807) is 24.5 Å². The van der Waals surface area contributed by atoms with Crippen molar-refractivity contribution >= 4 is 16.9 Å². The van der Waals surface area contributed by atoms with Crippen molar-refractivity contribution < 1.29 is 19.1 Å². The Bertz CT molecular complexity index is 784. The highest BCUT2D eigenvalue weighted by atomic mass is 16.5. The number of furan rings is 1. The van der Waals surface area contributed by atoms with Crippen molar-refractivity contribution in [3.05, 3.63) is 65.4 Å². The molecule has 106 valence electrons. The molecule has 0 spiro atoms. The van der Waals surface area contributed by atoms with Crippen LogP contribution >= 0.6 is 0 Å². The number of fused-ring (bicyclic) bond motifs is 1. The molecule has 0 radical (unpaired) electrons. The first-order valence-electron chi connectivity index (χ1n) is 6.57. The molecule has 0 aliphatic carbocycles. The first-order chi connectivity index (χ1) is 10.1. The lowest BCUT2D eigenvalue weighted by molar-refractivity contribution is 0.0699. The van der Waals surface area contributed by atoms with Gasteiger partial charge in [-0.05, 0) is 31.2 Å².